The van der Waals surface area contributed by atoms with E-state index in [1.807, 2.05) is 36.4 Å². The second-order valence-electron chi connectivity index (χ2n) is 9.24. The molecule has 7 heteroatoms. The van der Waals surface area contributed by atoms with E-state index in [0.29, 0.717) is 24.8 Å². The van der Waals surface area contributed by atoms with E-state index in [2.05, 4.69) is 31.9 Å². The molecule has 3 aliphatic rings. The Morgan fingerprint density at radius 2 is 1.55 bits per heavy atom. The topological polar surface area (TPSA) is 77.5 Å². The first kappa shape index (κ1) is 24.0. The summed E-state index contributed by atoms with van der Waals surface area (Å²) in [4.78, 5) is 48.5. The van der Waals surface area contributed by atoms with Crippen molar-refractivity contribution in [1.82, 2.24) is 0 Å². The van der Waals surface area contributed by atoms with Gasteiger partial charge in [-0.3, -0.25) is 19.2 Å². The van der Waals surface area contributed by atoms with Crippen molar-refractivity contribution in [2.45, 2.75) is 45.4 Å². The van der Waals surface area contributed by atoms with Crippen LogP contribution in [0.2, 0.25) is 0 Å². The van der Waals surface area contributed by atoms with Gasteiger partial charge in [0.1, 0.15) is 11.2 Å². The highest BCUT2D eigenvalue weighted by Gasteiger charge is 2.57. The molecule has 3 aliphatic carbocycles. The lowest BCUT2D eigenvalue weighted by Crippen LogP contribution is -2.49. The smallest absolute Gasteiger partial charge is 0.319 e. The van der Waals surface area contributed by atoms with Crippen LogP contribution in [0.5, 0.6) is 0 Å². The Balaban J connectivity index is 0.000000196. The van der Waals surface area contributed by atoms with E-state index in [0.717, 1.165) is 26.5 Å². The van der Waals surface area contributed by atoms with Crippen molar-refractivity contribution in [2.75, 3.05) is 7.11 Å². The van der Waals surface area contributed by atoms with Gasteiger partial charge >= 0.3 is 5.97 Å². The zero-order valence-corrected chi connectivity index (χ0v) is 21.7. The molecule has 0 radical (unpaired) electrons. The molecule has 2 aromatic carbocycles. The lowest BCUT2D eigenvalue weighted by molar-refractivity contribution is -0.161. The molecule has 1 fully saturated rings. The van der Waals surface area contributed by atoms with E-state index in [-0.39, 0.29) is 30.2 Å². The minimum absolute atomic E-state index is 0.0476. The maximum atomic E-state index is 12.9. The van der Waals surface area contributed by atoms with Crippen molar-refractivity contribution in [3.05, 3.63) is 67.6 Å². The van der Waals surface area contributed by atoms with Crippen LogP contribution in [0.1, 0.15) is 64.4 Å². The summed E-state index contributed by atoms with van der Waals surface area (Å²) in [6, 6.07) is 11.6. The Morgan fingerprint density at radius 3 is 2.21 bits per heavy atom. The maximum absolute atomic E-state index is 12.9. The van der Waals surface area contributed by atoms with Crippen LogP contribution in [0.4, 0.5) is 0 Å². The molecule has 0 amide bonds. The Bertz CT molecular complexity index is 1180. The number of methoxy groups -OCH3 is 1. The number of hydrogen-bond acceptors (Lipinski definition) is 5. The Morgan fingerprint density at radius 1 is 0.909 bits per heavy atom. The van der Waals surface area contributed by atoms with Crippen LogP contribution in [-0.4, -0.2) is 30.4 Å². The maximum Gasteiger partial charge on any atom is 0.319 e. The standard InChI is InChI=1S/C17H17BrO4.C9H7BrO/c1-16(15(21)22-2)9-17(6-5-13(16)19)8-10-3-4-11(18)7-12(10)14(17)20;10-7-3-1-6-2-4-9(11)8(6)5-7/h3-4,7H,5-6,8-9H2,1-2H3;1,3,5H,2,4H2. The van der Waals surface area contributed by atoms with Gasteiger partial charge in [-0.05, 0) is 68.0 Å². The summed E-state index contributed by atoms with van der Waals surface area (Å²) in [7, 11) is 1.28. The molecule has 5 rings (SSSR count). The van der Waals surface area contributed by atoms with Crippen molar-refractivity contribution in [2.24, 2.45) is 10.8 Å². The third-order valence-electron chi connectivity index (χ3n) is 7.09. The Labute approximate surface area is 209 Å². The number of ether oxygens (including phenoxy) is 1. The van der Waals surface area contributed by atoms with Gasteiger partial charge in [-0.2, -0.15) is 0 Å². The van der Waals surface area contributed by atoms with Gasteiger partial charge in [-0.15, -0.1) is 0 Å². The van der Waals surface area contributed by atoms with Crippen molar-refractivity contribution in [3.8, 4) is 0 Å². The second-order valence-corrected chi connectivity index (χ2v) is 11.1. The summed E-state index contributed by atoms with van der Waals surface area (Å²) in [5.74, 6) is -0.343. The number of ketones is 3. The number of halogens is 2. The number of esters is 1. The van der Waals surface area contributed by atoms with Gasteiger partial charge in [-0.1, -0.05) is 44.0 Å². The Hall–Kier alpha value is -2.12. The molecule has 172 valence electrons. The molecule has 0 saturated heterocycles. The minimum Gasteiger partial charge on any atom is -0.468 e. The van der Waals surface area contributed by atoms with Gasteiger partial charge in [-0.25, -0.2) is 0 Å². The molecule has 0 aliphatic heterocycles. The van der Waals surface area contributed by atoms with E-state index in [1.54, 1.807) is 6.92 Å². The fourth-order valence-corrected chi connectivity index (χ4v) is 6.02. The number of benzene rings is 2. The van der Waals surface area contributed by atoms with E-state index in [9.17, 15) is 19.2 Å². The number of carbonyl (C=O) groups excluding carboxylic acids is 4. The minimum atomic E-state index is -1.22. The third kappa shape index (κ3) is 4.26. The average molecular weight is 576 g/mol. The molecular formula is C26H24Br2O5. The number of aryl methyl sites for hydroxylation is 1. The molecule has 0 aromatic heterocycles. The number of hydrogen-bond donors (Lipinski definition) is 0. The summed E-state index contributed by atoms with van der Waals surface area (Å²) < 4.78 is 6.67. The van der Waals surface area contributed by atoms with Gasteiger partial charge in [0.05, 0.1) is 7.11 Å². The number of carbonyl (C=O) groups is 4. The molecule has 5 nitrogen and oxygen atoms in total. The Kier molecular flexibility index (Phi) is 6.49. The first-order valence-electron chi connectivity index (χ1n) is 10.9. The molecule has 2 atom stereocenters. The molecule has 0 N–H and O–H groups in total. The highest BCUT2D eigenvalue weighted by Crippen LogP contribution is 2.52. The molecule has 1 saturated carbocycles. The molecule has 2 unspecified atom stereocenters. The number of fused-ring (bicyclic) bond motifs is 2. The largest absolute Gasteiger partial charge is 0.468 e. The molecule has 1 spiro atoms. The molecule has 0 heterocycles. The zero-order chi connectivity index (χ0) is 24.0. The molecular weight excluding hydrogens is 552 g/mol. The number of rotatable bonds is 1. The van der Waals surface area contributed by atoms with Crippen molar-refractivity contribution >= 4 is 55.2 Å². The predicted molar refractivity (Wildman–Crippen MR) is 130 cm³/mol. The van der Waals surface area contributed by atoms with Crippen molar-refractivity contribution in [3.63, 3.8) is 0 Å². The van der Waals surface area contributed by atoms with Gasteiger partial charge in [0.15, 0.2) is 11.6 Å². The van der Waals surface area contributed by atoms with Crippen LogP contribution < -0.4 is 0 Å². The van der Waals surface area contributed by atoms with Crippen LogP contribution >= 0.6 is 31.9 Å². The van der Waals surface area contributed by atoms with E-state index in [1.165, 1.54) is 12.7 Å². The van der Waals surface area contributed by atoms with Gasteiger partial charge in [0.25, 0.3) is 0 Å². The monoisotopic (exact) mass is 574 g/mol. The normalized spacial score (nSPS) is 25.4. The summed E-state index contributed by atoms with van der Waals surface area (Å²) in [6.45, 7) is 1.61. The van der Waals surface area contributed by atoms with Crippen LogP contribution in [0.3, 0.4) is 0 Å². The van der Waals surface area contributed by atoms with Crippen LogP contribution in [-0.2, 0) is 27.2 Å². The van der Waals surface area contributed by atoms with E-state index in [4.69, 9.17) is 4.74 Å². The van der Waals surface area contributed by atoms with Crippen LogP contribution in [0, 0.1) is 10.8 Å². The van der Waals surface area contributed by atoms with Crippen LogP contribution in [0.25, 0.3) is 0 Å². The predicted octanol–water partition coefficient (Wildman–Crippen LogP) is 5.68. The van der Waals surface area contributed by atoms with Crippen molar-refractivity contribution in [1.29, 1.82) is 0 Å². The fourth-order valence-electron chi connectivity index (χ4n) is 5.30. The average Bonchev–Trinajstić information content (AvgIpc) is 3.28. The number of Topliss-reactive ketones (excluding diaryl/α,β-unsaturated/α-hetero) is 3. The second kappa shape index (κ2) is 8.91. The SMILES string of the molecule is COC(=O)C1(C)CC2(CCC1=O)Cc1ccc(Br)cc1C2=O.O=C1CCc2ccc(Br)cc21. The first-order valence-corrected chi connectivity index (χ1v) is 12.4. The zero-order valence-electron chi connectivity index (χ0n) is 18.5. The molecule has 2 aromatic rings. The van der Waals surface area contributed by atoms with Gasteiger partial charge in [0.2, 0.25) is 0 Å². The molecule has 0 bridgehead atoms. The summed E-state index contributed by atoms with van der Waals surface area (Å²) >= 11 is 6.73. The summed E-state index contributed by atoms with van der Waals surface area (Å²) in [5.41, 5.74) is 1.92. The highest BCUT2D eigenvalue weighted by atomic mass is 79.9. The van der Waals surface area contributed by atoms with Gasteiger partial charge < -0.3 is 4.74 Å². The first-order chi connectivity index (χ1) is 15.6. The quantitative estimate of drug-likeness (QED) is 0.323. The van der Waals surface area contributed by atoms with Crippen molar-refractivity contribution < 1.29 is 23.9 Å². The van der Waals surface area contributed by atoms with Crippen LogP contribution in [0.15, 0.2) is 45.3 Å². The fraction of sp³-hybridized carbons (Fsp3) is 0.385. The molecule has 33 heavy (non-hydrogen) atoms. The summed E-state index contributed by atoms with van der Waals surface area (Å²) in [5, 5.41) is 0. The summed E-state index contributed by atoms with van der Waals surface area (Å²) in [6.07, 6.45) is 3.17. The van der Waals surface area contributed by atoms with E-state index < -0.39 is 16.8 Å². The third-order valence-corrected chi connectivity index (χ3v) is 8.08. The lowest BCUT2D eigenvalue weighted by Gasteiger charge is -2.40. The van der Waals surface area contributed by atoms with E-state index >= 15 is 0 Å². The lowest BCUT2D eigenvalue weighted by atomic mass is 9.60. The van der Waals surface area contributed by atoms with Gasteiger partial charge in [0, 0.05) is 38.3 Å². The highest BCUT2D eigenvalue weighted by molar-refractivity contribution is 9.10.